The number of benzene rings is 1. The number of para-hydroxylation sites is 1. The van der Waals surface area contributed by atoms with E-state index < -0.39 is 10.0 Å². The van der Waals surface area contributed by atoms with Gasteiger partial charge in [0.25, 0.3) is 10.0 Å². The van der Waals surface area contributed by atoms with Gasteiger partial charge in [-0.1, -0.05) is 12.1 Å². The zero-order valence-corrected chi connectivity index (χ0v) is 10.1. The summed E-state index contributed by atoms with van der Waals surface area (Å²) in [7, 11) is -3.53. The number of hydrogen-bond acceptors (Lipinski definition) is 4. The van der Waals surface area contributed by atoms with Gasteiger partial charge in [0.2, 0.25) is 0 Å². The molecule has 92 valence electrons. The van der Waals surface area contributed by atoms with Crippen LogP contribution in [0.25, 0.3) is 0 Å². The molecule has 1 aromatic rings. The van der Waals surface area contributed by atoms with Crippen molar-refractivity contribution in [2.24, 2.45) is 4.40 Å². The minimum atomic E-state index is -3.53. The van der Waals surface area contributed by atoms with Crippen molar-refractivity contribution in [1.82, 2.24) is 0 Å². The van der Waals surface area contributed by atoms with Crippen LogP contribution in [-0.2, 0) is 10.0 Å². The highest BCUT2D eigenvalue weighted by atomic mass is 32.2. The van der Waals surface area contributed by atoms with Crippen LogP contribution in [0.3, 0.4) is 0 Å². The predicted octanol–water partition coefficient (Wildman–Crippen LogP) is 0.996. The fourth-order valence-electron chi connectivity index (χ4n) is 1.72. The van der Waals surface area contributed by atoms with Crippen LogP contribution in [0.5, 0.6) is 0 Å². The summed E-state index contributed by atoms with van der Waals surface area (Å²) in [6.07, 6.45) is 2.82. The molecule has 0 saturated heterocycles. The quantitative estimate of drug-likeness (QED) is 0.814. The molecule has 17 heavy (non-hydrogen) atoms. The molecule has 0 aromatic heterocycles. The third-order valence-electron chi connectivity index (χ3n) is 2.59. The molecule has 0 amide bonds. The number of hydrogen-bond donors (Lipinski definition) is 1. The lowest BCUT2D eigenvalue weighted by molar-refractivity contribution is 0.285. The van der Waals surface area contributed by atoms with Crippen molar-refractivity contribution in [3.05, 3.63) is 24.3 Å². The third-order valence-corrected chi connectivity index (χ3v) is 3.86. The van der Waals surface area contributed by atoms with Crippen LogP contribution in [0.15, 0.2) is 33.6 Å². The maximum Gasteiger partial charge on any atom is 0.285 e. The number of aliphatic hydroxyl groups is 1. The lowest BCUT2D eigenvalue weighted by Gasteiger charge is -2.24. The van der Waals surface area contributed by atoms with Crippen molar-refractivity contribution in [1.29, 1.82) is 0 Å². The van der Waals surface area contributed by atoms with Crippen molar-refractivity contribution < 1.29 is 13.5 Å². The first kappa shape index (κ1) is 12.1. The summed E-state index contributed by atoms with van der Waals surface area (Å²) < 4.78 is 26.9. The molecule has 2 rings (SSSR count). The summed E-state index contributed by atoms with van der Waals surface area (Å²) in [5.41, 5.74) is 0.653. The SMILES string of the molecule is O=S1(=O)N=CN(CCCCO)c2ccccc21. The van der Waals surface area contributed by atoms with Crippen LogP contribution in [0.4, 0.5) is 5.69 Å². The van der Waals surface area contributed by atoms with Crippen molar-refractivity contribution in [2.45, 2.75) is 17.7 Å². The molecule has 1 aliphatic heterocycles. The third kappa shape index (κ3) is 2.48. The number of anilines is 1. The number of sulfonamides is 1. The second kappa shape index (κ2) is 4.85. The molecule has 0 spiro atoms. The van der Waals surface area contributed by atoms with Crippen LogP contribution in [0.2, 0.25) is 0 Å². The molecule has 0 aliphatic carbocycles. The smallest absolute Gasteiger partial charge is 0.285 e. The van der Waals surface area contributed by atoms with Crippen LogP contribution in [0, 0.1) is 0 Å². The number of nitrogens with zero attached hydrogens (tertiary/aromatic N) is 2. The van der Waals surface area contributed by atoms with E-state index in [4.69, 9.17) is 5.11 Å². The van der Waals surface area contributed by atoms with Gasteiger partial charge < -0.3 is 10.0 Å². The highest BCUT2D eigenvalue weighted by Crippen LogP contribution is 2.29. The van der Waals surface area contributed by atoms with E-state index in [2.05, 4.69) is 4.40 Å². The molecule has 0 fully saturated rings. The van der Waals surface area contributed by atoms with Crippen molar-refractivity contribution in [3.8, 4) is 0 Å². The molecule has 1 heterocycles. The van der Waals surface area contributed by atoms with E-state index in [9.17, 15) is 8.42 Å². The predicted molar refractivity (Wildman–Crippen MR) is 65.8 cm³/mol. The van der Waals surface area contributed by atoms with Gasteiger partial charge in [-0.05, 0) is 25.0 Å². The van der Waals surface area contributed by atoms with Gasteiger partial charge in [-0.15, -0.1) is 4.40 Å². The Hall–Kier alpha value is -1.40. The van der Waals surface area contributed by atoms with Gasteiger partial charge in [0, 0.05) is 13.2 Å². The standard InChI is InChI=1S/C11H14N2O3S/c14-8-4-3-7-13-9-12-17(15,16)11-6-2-1-5-10(11)13/h1-2,5-6,9,14H,3-4,7-8H2. The molecule has 0 saturated carbocycles. The summed E-state index contributed by atoms with van der Waals surface area (Å²) in [5, 5.41) is 8.73. The van der Waals surface area contributed by atoms with E-state index in [0.29, 0.717) is 18.7 Å². The van der Waals surface area contributed by atoms with E-state index in [-0.39, 0.29) is 11.5 Å². The molecule has 0 radical (unpaired) electrons. The molecule has 0 atom stereocenters. The first-order valence-electron chi connectivity index (χ1n) is 5.42. The minimum absolute atomic E-state index is 0.144. The number of unbranched alkanes of at least 4 members (excludes halogenated alkanes) is 1. The lowest BCUT2D eigenvalue weighted by atomic mass is 10.2. The maximum absolute atomic E-state index is 11.7. The Morgan fingerprint density at radius 1 is 1.24 bits per heavy atom. The average Bonchev–Trinajstić information content (AvgIpc) is 2.33. The van der Waals surface area contributed by atoms with Gasteiger partial charge in [-0.3, -0.25) is 0 Å². The van der Waals surface area contributed by atoms with Crippen molar-refractivity contribution in [3.63, 3.8) is 0 Å². The molecular weight excluding hydrogens is 240 g/mol. The van der Waals surface area contributed by atoms with Gasteiger partial charge >= 0.3 is 0 Å². The van der Waals surface area contributed by atoms with Gasteiger partial charge in [0.05, 0.1) is 5.69 Å². The molecular formula is C11H14N2O3S. The summed E-state index contributed by atoms with van der Waals surface area (Å²) in [6, 6.07) is 6.80. The summed E-state index contributed by atoms with van der Waals surface area (Å²) in [4.78, 5) is 2.04. The Morgan fingerprint density at radius 3 is 2.76 bits per heavy atom. The highest BCUT2D eigenvalue weighted by molar-refractivity contribution is 7.90. The summed E-state index contributed by atoms with van der Waals surface area (Å²) >= 11 is 0. The van der Waals surface area contributed by atoms with Gasteiger partial charge in [-0.2, -0.15) is 8.42 Å². The normalized spacial score (nSPS) is 16.9. The Bertz CT molecular complexity index is 525. The number of rotatable bonds is 4. The first-order valence-corrected chi connectivity index (χ1v) is 6.86. The van der Waals surface area contributed by atoms with Crippen LogP contribution in [-0.4, -0.2) is 33.0 Å². The Labute approximate surface area is 100 Å². The fraction of sp³-hybridized carbons (Fsp3) is 0.364. The van der Waals surface area contributed by atoms with Crippen molar-refractivity contribution >= 4 is 22.0 Å². The second-order valence-corrected chi connectivity index (χ2v) is 5.39. The fourth-order valence-corrected chi connectivity index (χ4v) is 2.77. The maximum atomic E-state index is 11.7. The number of fused-ring (bicyclic) bond motifs is 1. The minimum Gasteiger partial charge on any atom is -0.396 e. The molecule has 1 aliphatic rings. The van der Waals surface area contributed by atoms with Gasteiger partial charge in [-0.25, -0.2) is 0 Å². The molecule has 1 N–H and O–H groups in total. The lowest BCUT2D eigenvalue weighted by Crippen LogP contribution is -2.28. The zero-order valence-electron chi connectivity index (χ0n) is 9.28. The van der Waals surface area contributed by atoms with Crippen LogP contribution in [0.1, 0.15) is 12.8 Å². The number of aliphatic hydroxyl groups excluding tert-OH is 1. The zero-order chi connectivity index (χ0) is 12.3. The van der Waals surface area contributed by atoms with E-state index in [1.165, 1.54) is 6.34 Å². The Kier molecular flexibility index (Phi) is 3.44. The van der Waals surface area contributed by atoms with Crippen molar-refractivity contribution in [2.75, 3.05) is 18.1 Å². The molecule has 1 aromatic carbocycles. The van der Waals surface area contributed by atoms with Gasteiger partial charge in [0.15, 0.2) is 0 Å². The largest absolute Gasteiger partial charge is 0.396 e. The molecule has 6 heteroatoms. The molecule has 0 unspecified atom stereocenters. The van der Waals surface area contributed by atoms with E-state index in [1.807, 2.05) is 0 Å². The van der Waals surface area contributed by atoms with E-state index >= 15 is 0 Å². The van der Waals surface area contributed by atoms with E-state index in [0.717, 1.165) is 6.42 Å². The molecule has 0 bridgehead atoms. The van der Waals surface area contributed by atoms with E-state index in [1.54, 1.807) is 29.2 Å². The summed E-state index contributed by atoms with van der Waals surface area (Å²) in [6.45, 7) is 0.793. The highest BCUT2D eigenvalue weighted by Gasteiger charge is 2.24. The van der Waals surface area contributed by atoms with Crippen LogP contribution >= 0.6 is 0 Å². The second-order valence-electron chi connectivity index (χ2n) is 3.79. The average molecular weight is 254 g/mol. The first-order chi connectivity index (χ1) is 8.15. The Morgan fingerprint density at radius 2 is 2.00 bits per heavy atom. The topological polar surface area (TPSA) is 70.0 Å². The monoisotopic (exact) mass is 254 g/mol. The van der Waals surface area contributed by atoms with Crippen LogP contribution < -0.4 is 4.90 Å². The molecule has 5 nitrogen and oxygen atoms in total. The van der Waals surface area contributed by atoms with Gasteiger partial charge in [0.1, 0.15) is 11.2 Å². The summed E-state index contributed by atoms with van der Waals surface area (Å²) in [5.74, 6) is 0. The Balaban J connectivity index is 2.28.